The molecule has 0 unspecified atom stereocenters. The number of hydrogen-bond donors (Lipinski definition) is 2. The average Bonchev–Trinajstić information content (AvgIpc) is 2.98. The molecule has 0 aliphatic heterocycles. The van der Waals surface area contributed by atoms with Crippen molar-refractivity contribution < 1.29 is 0 Å². The van der Waals surface area contributed by atoms with E-state index in [1.54, 1.807) is 0 Å². The fourth-order valence-electron chi connectivity index (χ4n) is 1.53. The van der Waals surface area contributed by atoms with E-state index in [4.69, 9.17) is 11.0 Å². The van der Waals surface area contributed by atoms with Crippen LogP contribution < -0.4 is 11.1 Å². The number of rotatable bonds is 5. The summed E-state index contributed by atoms with van der Waals surface area (Å²) in [5.74, 6) is 1.31. The minimum atomic E-state index is 0.340. The Kier molecular flexibility index (Phi) is 3.07. The molecule has 2 rings (SSSR count). The molecule has 0 bridgehead atoms. The highest BCUT2D eigenvalue weighted by molar-refractivity contribution is 7.10. The van der Waals surface area contributed by atoms with Gasteiger partial charge in [0.15, 0.2) is 5.82 Å². The van der Waals surface area contributed by atoms with Gasteiger partial charge in [-0.15, -0.1) is 0 Å². The molecule has 1 heterocycles. The lowest BCUT2D eigenvalue weighted by atomic mass is 10.2. The largest absolute Gasteiger partial charge is 0.382 e. The standard InChI is InChI=1S/C10H14N4S/c11-6-8-9(12)14-15-10(8)13-5-1-2-7-3-4-7/h7,13H,1-5H2,(H2,12,14). The predicted molar refractivity (Wildman–Crippen MR) is 61.7 cm³/mol. The highest BCUT2D eigenvalue weighted by Gasteiger charge is 2.20. The first kappa shape index (κ1) is 10.2. The first-order valence-electron chi connectivity index (χ1n) is 5.20. The van der Waals surface area contributed by atoms with Crippen LogP contribution in [0.25, 0.3) is 0 Å². The Morgan fingerprint density at radius 3 is 3.07 bits per heavy atom. The monoisotopic (exact) mass is 222 g/mol. The van der Waals surface area contributed by atoms with Crippen molar-refractivity contribution in [1.82, 2.24) is 4.37 Å². The molecule has 1 saturated carbocycles. The van der Waals surface area contributed by atoms with Crippen LogP contribution in [0.2, 0.25) is 0 Å². The Morgan fingerprint density at radius 1 is 1.60 bits per heavy atom. The molecule has 1 aromatic heterocycles. The van der Waals surface area contributed by atoms with Gasteiger partial charge in [-0.1, -0.05) is 12.8 Å². The average molecular weight is 222 g/mol. The molecule has 0 spiro atoms. The minimum absolute atomic E-state index is 0.340. The van der Waals surface area contributed by atoms with E-state index in [0.717, 1.165) is 23.9 Å². The summed E-state index contributed by atoms with van der Waals surface area (Å²) in [6.45, 7) is 0.910. The number of nitrogens with one attached hydrogen (secondary N) is 1. The molecule has 0 radical (unpaired) electrons. The van der Waals surface area contributed by atoms with Crippen molar-refractivity contribution in [2.45, 2.75) is 25.7 Å². The molecule has 0 saturated heterocycles. The van der Waals surface area contributed by atoms with Crippen molar-refractivity contribution in [1.29, 1.82) is 5.26 Å². The molecular formula is C10H14N4S. The normalized spacial score (nSPS) is 14.9. The Hall–Kier alpha value is -1.28. The third-order valence-corrected chi connectivity index (χ3v) is 3.42. The molecule has 4 nitrogen and oxygen atoms in total. The Balaban J connectivity index is 1.79. The smallest absolute Gasteiger partial charge is 0.157 e. The van der Waals surface area contributed by atoms with Crippen LogP contribution in [0.3, 0.4) is 0 Å². The Labute approximate surface area is 93.3 Å². The molecule has 15 heavy (non-hydrogen) atoms. The van der Waals surface area contributed by atoms with Crippen LogP contribution in [-0.2, 0) is 0 Å². The first-order valence-corrected chi connectivity index (χ1v) is 5.97. The van der Waals surface area contributed by atoms with Gasteiger partial charge in [0.05, 0.1) is 0 Å². The van der Waals surface area contributed by atoms with Gasteiger partial charge in [-0.2, -0.15) is 9.64 Å². The quantitative estimate of drug-likeness (QED) is 0.749. The van der Waals surface area contributed by atoms with E-state index in [1.807, 2.05) is 0 Å². The lowest BCUT2D eigenvalue weighted by molar-refractivity contribution is 0.688. The number of nitriles is 1. The maximum atomic E-state index is 8.84. The van der Waals surface area contributed by atoms with Gasteiger partial charge in [-0.25, -0.2) is 0 Å². The summed E-state index contributed by atoms with van der Waals surface area (Å²) in [5, 5.41) is 12.9. The molecule has 1 aliphatic carbocycles. The van der Waals surface area contributed by atoms with Gasteiger partial charge in [0.25, 0.3) is 0 Å². The second-order valence-corrected chi connectivity index (χ2v) is 4.67. The number of nitrogens with zero attached hydrogens (tertiary/aromatic N) is 2. The summed E-state index contributed by atoms with van der Waals surface area (Å²) < 4.78 is 3.95. The lowest BCUT2D eigenvalue weighted by Gasteiger charge is -2.02. The zero-order valence-electron chi connectivity index (χ0n) is 8.49. The second-order valence-electron chi connectivity index (χ2n) is 3.90. The fourth-order valence-corrected chi connectivity index (χ4v) is 2.22. The molecular weight excluding hydrogens is 208 g/mol. The molecule has 1 aliphatic rings. The molecule has 0 atom stereocenters. The molecule has 0 aromatic carbocycles. The van der Waals surface area contributed by atoms with E-state index in [-0.39, 0.29) is 0 Å². The van der Waals surface area contributed by atoms with Gasteiger partial charge in [-0.3, -0.25) is 0 Å². The van der Waals surface area contributed by atoms with Crippen LogP contribution in [0.1, 0.15) is 31.2 Å². The summed E-state index contributed by atoms with van der Waals surface area (Å²) in [6.07, 6.45) is 5.25. The summed E-state index contributed by atoms with van der Waals surface area (Å²) in [6, 6.07) is 2.07. The first-order chi connectivity index (χ1) is 7.31. The highest BCUT2D eigenvalue weighted by Crippen LogP contribution is 2.33. The van der Waals surface area contributed by atoms with Crippen LogP contribution in [0.4, 0.5) is 10.8 Å². The van der Waals surface area contributed by atoms with Crippen LogP contribution in [0.5, 0.6) is 0 Å². The molecule has 1 fully saturated rings. The highest BCUT2D eigenvalue weighted by atomic mass is 32.1. The van der Waals surface area contributed by atoms with Crippen molar-refractivity contribution in [3.8, 4) is 6.07 Å². The molecule has 0 amide bonds. The second kappa shape index (κ2) is 4.49. The van der Waals surface area contributed by atoms with Crippen molar-refractivity contribution in [3.63, 3.8) is 0 Å². The van der Waals surface area contributed by atoms with Gasteiger partial charge in [0.1, 0.15) is 16.6 Å². The summed E-state index contributed by atoms with van der Waals surface area (Å²) >= 11 is 1.27. The van der Waals surface area contributed by atoms with Gasteiger partial charge in [0.2, 0.25) is 0 Å². The van der Waals surface area contributed by atoms with Gasteiger partial charge in [-0.05, 0) is 30.3 Å². The van der Waals surface area contributed by atoms with Crippen LogP contribution in [-0.4, -0.2) is 10.9 Å². The number of hydrogen-bond acceptors (Lipinski definition) is 5. The number of aromatic nitrogens is 1. The summed E-state index contributed by atoms with van der Waals surface area (Å²) in [4.78, 5) is 0. The van der Waals surface area contributed by atoms with E-state index in [2.05, 4.69) is 15.8 Å². The van der Waals surface area contributed by atoms with Gasteiger partial charge in [0, 0.05) is 6.54 Å². The van der Waals surface area contributed by atoms with Crippen LogP contribution >= 0.6 is 11.5 Å². The molecule has 1 aromatic rings. The molecule has 80 valence electrons. The van der Waals surface area contributed by atoms with Gasteiger partial charge < -0.3 is 11.1 Å². The van der Waals surface area contributed by atoms with Crippen molar-refractivity contribution >= 4 is 22.4 Å². The Morgan fingerprint density at radius 2 is 2.40 bits per heavy atom. The van der Waals surface area contributed by atoms with E-state index in [0.29, 0.717) is 11.4 Å². The third-order valence-electron chi connectivity index (χ3n) is 2.60. The van der Waals surface area contributed by atoms with E-state index in [9.17, 15) is 0 Å². The maximum absolute atomic E-state index is 8.84. The van der Waals surface area contributed by atoms with E-state index in [1.165, 1.54) is 30.8 Å². The number of nitrogens with two attached hydrogens (primary N) is 1. The third kappa shape index (κ3) is 2.60. The van der Waals surface area contributed by atoms with Crippen LogP contribution in [0.15, 0.2) is 0 Å². The van der Waals surface area contributed by atoms with E-state index >= 15 is 0 Å². The van der Waals surface area contributed by atoms with E-state index < -0.39 is 0 Å². The SMILES string of the molecule is N#Cc1c(N)nsc1NCCCC1CC1. The molecule has 3 N–H and O–H groups in total. The molecule has 5 heteroatoms. The predicted octanol–water partition coefficient (Wildman–Crippen LogP) is 2.20. The van der Waals surface area contributed by atoms with Gasteiger partial charge >= 0.3 is 0 Å². The minimum Gasteiger partial charge on any atom is -0.382 e. The zero-order valence-corrected chi connectivity index (χ0v) is 9.31. The van der Waals surface area contributed by atoms with Crippen molar-refractivity contribution in [3.05, 3.63) is 5.56 Å². The number of nitrogen functional groups attached to an aromatic ring is 1. The maximum Gasteiger partial charge on any atom is 0.157 e. The van der Waals surface area contributed by atoms with Crippen molar-refractivity contribution in [2.24, 2.45) is 5.92 Å². The topological polar surface area (TPSA) is 74.7 Å². The Bertz CT molecular complexity index is 375. The lowest BCUT2D eigenvalue weighted by Crippen LogP contribution is -2.01. The summed E-state index contributed by atoms with van der Waals surface area (Å²) in [7, 11) is 0. The fraction of sp³-hybridized carbons (Fsp3) is 0.600. The zero-order chi connectivity index (χ0) is 10.7. The van der Waals surface area contributed by atoms with Crippen LogP contribution in [0, 0.1) is 17.2 Å². The summed E-state index contributed by atoms with van der Waals surface area (Å²) in [5.41, 5.74) is 6.04. The number of anilines is 2. The van der Waals surface area contributed by atoms with Crippen molar-refractivity contribution in [2.75, 3.05) is 17.6 Å².